The Morgan fingerprint density at radius 1 is 1.17 bits per heavy atom. The Hall–Kier alpha value is -2.40. The van der Waals surface area contributed by atoms with Gasteiger partial charge >= 0.3 is 5.97 Å². The minimum Gasteiger partial charge on any atom is -0.455 e. The zero-order valence-electron chi connectivity index (χ0n) is 13.8. The third kappa shape index (κ3) is 4.55. The molecule has 0 radical (unpaired) electrons. The smallest absolute Gasteiger partial charge is 0.359 e. The lowest BCUT2D eigenvalue weighted by molar-refractivity contribution is 0.00639. The molecule has 0 aliphatic rings. The molecule has 1 aromatic carbocycles. The van der Waals surface area contributed by atoms with Crippen LogP contribution in [-0.4, -0.2) is 22.3 Å². The summed E-state index contributed by atoms with van der Waals surface area (Å²) in [5.74, 6) is -0.736. The third-order valence-corrected chi connectivity index (χ3v) is 3.44. The van der Waals surface area contributed by atoms with Gasteiger partial charge in [-0.2, -0.15) is 0 Å². The van der Waals surface area contributed by atoms with Gasteiger partial charge in [-0.05, 0) is 56.7 Å². The lowest BCUT2D eigenvalue weighted by Gasteiger charge is -2.20. The van der Waals surface area contributed by atoms with Crippen molar-refractivity contribution in [2.45, 2.75) is 32.8 Å². The maximum absolute atomic E-state index is 12.4. The van der Waals surface area contributed by atoms with Gasteiger partial charge in [0.05, 0.1) is 5.69 Å². The van der Waals surface area contributed by atoms with Crippen LogP contribution in [0.1, 0.15) is 47.2 Å². The Morgan fingerprint density at radius 3 is 2.38 bits per heavy atom. The fourth-order valence-corrected chi connectivity index (χ4v) is 2.19. The van der Waals surface area contributed by atoms with Gasteiger partial charge in [0.15, 0.2) is 11.5 Å². The van der Waals surface area contributed by atoms with Gasteiger partial charge in [0, 0.05) is 23.2 Å². The number of benzene rings is 1. The van der Waals surface area contributed by atoms with Crippen LogP contribution in [0.25, 0.3) is 0 Å². The number of ketones is 1. The number of Topliss-reactive ketones (excluding diaryl/α,β-unsaturated/α-hetero) is 1. The first-order valence-electron chi connectivity index (χ1n) is 7.43. The Kier molecular flexibility index (Phi) is 5.24. The van der Waals surface area contributed by atoms with E-state index in [-0.39, 0.29) is 23.6 Å². The van der Waals surface area contributed by atoms with Crippen LogP contribution in [0.3, 0.4) is 0 Å². The number of rotatable bonds is 4. The predicted octanol–water partition coefficient (Wildman–Crippen LogP) is 3.70. The van der Waals surface area contributed by atoms with E-state index >= 15 is 0 Å². The molecule has 24 heavy (non-hydrogen) atoms. The number of anilines is 1. The van der Waals surface area contributed by atoms with Crippen LogP contribution < -0.4 is 5.73 Å². The number of hydrogen-bond donors (Lipinski definition) is 1. The summed E-state index contributed by atoms with van der Waals surface area (Å²) < 4.78 is 5.28. The molecule has 1 aromatic heterocycles. The molecule has 126 valence electrons. The number of ether oxygens (including phenoxy) is 1. The monoisotopic (exact) mass is 346 g/mol. The van der Waals surface area contributed by atoms with Crippen molar-refractivity contribution in [1.29, 1.82) is 0 Å². The molecule has 1 heterocycles. The van der Waals surface area contributed by atoms with Gasteiger partial charge in [0.1, 0.15) is 5.60 Å². The minimum absolute atomic E-state index is 0.0198. The van der Waals surface area contributed by atoms with E-state index in [0.29, 0.717) is 16.1 Å². The first-order valence-corrected chi connectivity index (χ1v) is 7.80. The van der Waals surface area contributed by atoms with E-state index in [0.717, 1.165) is 0 Å². The van der Waals surface area contributed by atoms with Crippen molar-refractivity contribution in [3.63, 3.8) is 0 Å². The van der Waals surface area contributed by atoms with Crippen molar-refractivity contribution >= 4 is 29.0 Å². The maximum atomic E-state index is 12.4. The van der Waals surface area contributed by atoms with Gasteiger partial charge in [0.2, 0.25) is 0 Å². The second-order valence-corrected chi connectivity index (χ2v) is 6.78. The third-order valence-electron chi connectivity index (χ3n) is 3.19. The Labute approximate surface area is 145 Å². The van der Waals surface area contributed by atoms with Crippen LogP contribution in [0.15, 0.2) is 36.5 Å². The molecule has 2 rings (SSSR count). The minimum atomic E-state index is -0.652. The fraction of sp³-hybridized carbons (Fsp3) is 0.278. The highest BCUT2D eigenvalue weighted by molar-refractivity contribution is 6.30. The molecule has 0 aliphatic heterocycles. The van der Waals surface area contributed by atoms with Crippen molar-refractivity contribution in [1.82, 2.24) is 4.98 Å². The Bertz CT molecular complexity index is 765. The zero-order valence-corrected chi connectivity index (χ0v) is 14.6. The predicted molar refractivity (Wildman–Crippen MR) is 93.3 cm³/mol. The fourth-order valence-electron chi connectivity index (χ4n) is 2.07. The van der Waals surface area contributed by atoms with Crippen molar-refractivity contribution in [3.05, 3.63) is 58.4 Å². The average Bonchev–Trinajstić information content (AvgIpc) is 2.48. The first-order chi connectivity index (χ1) is 11.2. The first kappa shape index (κ1) is 17.9. The number of halogens is 1. The molecule has 0 fully saturated rings. The summed E-state index contributed by atoms with van der Waals surface area (Å²) in [5.41, 5.74) is 6.60. The summed E-state index contributed by atoms with van der Waals surface area (Å²) in [7, 11) is 0. The van der Waals surface area contributed by atoms with E-state index in [1.165, 1.54) is 6.20 Å². The van der Waals surface area contributed by atoms with Crippen LogP contribution in [-0.2, 0) is 11.2 Å². The highest BCUT2D eigenvalue weighted by Gasteiger charge is 2.22. The molecule has 0 bridgehead atoms. The Morgan fingerprint density at radius 2 is 1.79 bits per heavy atom. The van der Waals surface area contributed by atoms with Gasteiger partial charge in [0.25, 0.3) is 0 Å². The standard InChI is InChI=1S/C18H19ClN2O3/c1-18(2,3)24-17(23)16-15(20)12(8-9-21-16)10-14(22)11-4-6-13(19)7-5-11/h4-9H,10,20H2,1-3H3. The molecule has 0 atom stereocenters. The maximum Gasteiger partial charge on any atom is 0.359 e. The second kappa shape index (κ2) is 7.01. The molecule has 2 N–H and O–H groups in total. The molecule has 6 heteroatoms. The summed E-state index contributed by atoms with van der Waals surface area (Å²) in [4.78, 5) is 28.5. The van der Waals surface area contributed by atoms with Crippen molar-refractivity contribution in [2.75, 3.05) is 5.73 Å². The van der Waals surface area contributed by atoms with Gasteiger partial charge in [-0.3, -0.25) is 4.79 Å². The lowest BCUT2D eigenvalue weighted by atomic mass is 10.0. The number of hydrogen-bond acceptors (Lipinski definition) is 5. The summed E-state index contributed by atoms with van der Waals surface area (Å²) in [6, 6.07) is 8.22. The molecule has 0 saturated heterocycles. The number of nitrogens with two attached hydrogens (primary N) is 1. The van der Waals surface area contributed by atoms with Gasteiger partial charge in [-0.25, -0.2) is 9.78 Å². The molecule has 0 saturated carbocycles. The highest BCUT2D eigenvalue weighted by atomic mass is 35.5. The van der Waals surface area contributed by atoms with E-state index < -0.39 is 11.6 Å². The molecule has 0 amide bonds. The van der Waals surface area contributed by atoms with E-state index in [4.69, 9.17) is 22.1 Å². The van der Waals surface area contributed by atoms with Crippen LogP contribution in [0.5, 0.6) is 0 Å². The second-order valence-electron chi connectivity index (χ2n) is 6.34. The SMILES string of the molecule is CC(C)(C)OC(=O)c1nccc(CC(=O)c2ccc(Cl)cc2)c1N. The Balaban J connectivity index is 2.23. The van der Waals surface area contributed by atoms with Gasteiger partial charge in [-0.15, -0.1) is 0 Å². The highest BCUT2D eigenvalue weighted by Crippen LogP contribution is 2.21. The summed E-state index contributed by atoms with van der Waals surface area (Å²) in [6.45, 7) is 5.28. The number of nitrogen functional groups attached to an aromatic ring is 1. The van der Waals surface area contributed by atoms with Crippen LogP contribution >= 0.6 is 11.6 Å². The molecular weight excluding hydrogens is 328 g/mol. The van der Waals surface area contributed by atoms with Gasteiger partial charge < -0.3 is 10.5 Å². The number of pyridine rings is 1. The average molecular weight is 347 g/mol. The van der Waals surface area contributed by atoms with Crippen molar-refractivity contribution < 1.29 is 14.3 Å². The van der Waals surface area contributed by atoms with Crippen LogP contribution in [0.2, 0.25) is 5.02 Å². The van der Waals surface area contributed by atoms with E-state index in [2.05, 4.69) is 4.98 Å². The number of carbonyl (C=O) groups excluding carboxylic acids is 2. The number of carbonyl (C=O) groups is 2. The molecule has 0 unspecified atom stereocenters. The van der Waals surface area contributed by atoms with Crippen molar-refractivity contribution in [2.24, 2.45) is 0 Å². The van der Waals surface area contributed by atoms with E-state index in [1.807, 2.05) is 0 Å². The van der Waals surface area contributed by atoms with Crippen LogP contribution in [0, 0.1) is 0 Å². The van der Waals surface area contributed by atoms with E-state index in [9.17, 15) is 9.59 Å². The van der Waals surface area contributed by atoms with Crippen molar-refractivity contribution in [3.8, 4) is 0 Å². The molecule has 5 nitrogen and oxygen atoms in total. The topological polar surface area (TPSA) is 82.3 Å². The number of nitrogens with zero attached hydrogens (tertiary/aromatic N) is 1. The molecule has 2 aromatic rings. The summed E-state index contributed by atoms with van der Waals surface area (Å²) in [6.07, 6.45) is 1.51. The zero-order chi connectivity index (χ0) is 17.9. The summed E-state index contributed by atoms with van der Waals surface area (Å²) in [5, 5.41) is 0.558. The molecule has 0 spiro atoms. The van der Waals surface area contributed by atoms with Crippen LogP contribution in [0.4, 0.5) is 5.69 Å². The molecular formula is C18H19ClN2O3. The lowest BCUT2D eigenvalue weighted by Crippen LogP contribution is -2.25. The number of esters is 1. The number of aromatic nitrogens is 1. The van der Waals surface area contributed by atoms with E-state index in [1.54, 1.807) is 51.1 Å². The summed E-state index contributed by atoms with van der Waals surface area (Å²) >= 11 is 5.82. The molecule has 0 aliphatic carbocycles. The van der Waals surface area contributed by atoms with Gasteiger partial charge in [-0.1, -0.05) is 11.6 Å². The quantitative estimate of drug-likeness (QED) is 0.674. The largest absolute Gasteiger partial charge is 0.455 e. The normalized spacial score (nSPS) is 11.2.